The van der Waals surface area contributed by atoms with Crippen LogP contribution in [-0.4, -0.2) is 13.1 Å². The van der Waals surface area contributed by atoms with Gasteiger partial charge in [-0.2, -0.15) is 0 Å². The summed E-state index contributed by atoms with van der Waals surface area (Å²) in [6.45, 7) is 8.60. The van der Waals surface area contributed by atoms with Gasteiger partial charge >= 0.3 is 0 Å². The van der Waals surface area contributed by atoms with Crippen LogP contribution in [0.3, 0.4) is 0 Å². The van der Waals surface area contributed by atoms with E-state index in [2.05, 4.69) is 36.2 Å². The third kappa shape index (κ3) is 4.28. The zero-order valence-electron chi connectivity index (χ0n) is 9.42. The Morgan fingerprint density at radius 1 is 1.47 bits per heavy atom. The third-order valence-electron chi connectivity index (χ3n) is 2.31. The van der Waals surface area contributed by atoms with Gasteiger partial charge in [-0.25, -0.2) is 0 Å². The lowest BCUT2D eigenvalue weighted by atomic mass is 10.1. The van der Waals surface area contributed by atoms with Crippen LogP contribution in [0.1, 0.15) is 24.5 Å². The van der Waals surface area contributed by atoms with Crippen molar-refractivity contribution in [1.29, 1.82) is 0 Å². The van der Waals surface area contributed by atoms with E-state index in [1.807, 2.05) is 6.92 Å². The van der Waals surface area contributed by atoms with E-state index in [-0.39, 0.29) is 0 Å². The van der Waals surface area contributed by atoms with E-state index >= 15 is 0 Å². The lowest BCUT2D eigenvalue weighted by Crippen LogP contribution is -2.17. The van der Waals surface area contributed by atoms with E-state index in [1.165, 1.54) is 11.1 Å². The molecule has 0 amide bonds. The lowest BCUT2D eigenvalue weighted by molar-refractivity contribution is 0.655. The van der Waals surface area contributed by atoms with Gasteiger partial charge < -0.3 is 11.1 Å². The molecule has 2 heteroatoms. The van der Waals surface area contributed by atoms with Gasteiger partial charge in [-0.3, -0.25) is 0 Å². The number of nitrogens with two attached hydrogens (primary N) is 1. The van der Waals surface area contributed by atoms with Gasteiger partial charge in [0.05, 0.1) is 0 Å². The highest BCUT2D eigenvalue weighted by molar-refractivity contribution is 5.61. The van der Waals surface area contributed by atoms with Gasteiger partial charge in [0.1, 0.15) is 0 Å². The summed E-state index contributed by atoms with van der Waals surface area (Å²) in [5, 5.41) is 3.36. The molecule has 1 rings (SSSR count). The van der Waals surface area contributed by atoms with E-state index in [9.17, 15) is 0 Å². The van der Waals surface area contributed by atoms with Gasteiger partial charge in [0.25, 0.3) is 0 Å². The van der Waals surface area contributed by atoms with Crippen LogP contribution in [0.4, 0.5) is 0 Å². The fraction of sp³-hybridized carbons (Fsp3) is 0.385. The first kappa shape index (κ1) is 12.0. The smallest absolute Gasteiger partial charge is 0.0205 e. The highest BCUT2D eigenvalue weighted by atomic mass is 14.8. The molecule has 2 nitrogen and oxygen atoms in total. The Morgan fingerprint density at radius 2 is 2.27 bits per heavy atom. The van der Waals surface area contributed by atoms with Gasteiger partial charge in [-0.1, -0.05) is 36.4 Å². The van der Waals surface area contributed by atoms with Crippen LogP contribution < -0.4 is 11.1 Å². The monoisotopic (exact) mass is 204 g/mol. The topological polar surface area (TPSA) is 38.0 Å². The summed E-state index contributed by atoms with van der Waals surface area (Å²) in [4.78, 5) is 0. The van der Waals surface area contributed by atoms with Gasteiger partial charge in [0.2, 0.25) is 0 Å². The van der Waals surface area contributed by atoms with Crippen molar-refractivity contribution < 1.29 is 0 Å². The Labute approximate surface area is 92.2 Å². The number of nitrogens with one attached hydrogen (secondary N) is 1. The second-order valence-electron chi connectivity index (χ2n) is 3.80. The lowest BCUT2D eigenvalue weighted by Gasteiger charge is -2.06. The quantitative estimate of drug-likeness (QED) is 0.697. The number of rotatable bonds is 6. The summed E-state index contributed by atoms with van der Waals surface area (Å²) in [5.41, 5.74) is 9.04. The van der Waals surface area contributed by atoms with E-state index in [0.717, 1.165) is 31.6 Å². The maximum Gasteiger partial charge on any atom is 0.0205 e. The SMILES string of the molecule is C=C(C)c1cccc(CNCCCN)c1. The Hall–Kier alpha value is -1.12. The fourth-order valence-electron chi connectivity index (χ4n) is 1.41. The molecule has 82 valence electrons. The third-order valence-corrected chi connectivity index (χ3v) is 2.31. The van der Waals surface area contributed by atoms with Crippen LogP contribution in [0.2, 0.25) is 0 Å². The molecule has 0 bridgehead atoms. The van der Waals surface area contributed by atoms with Crippen LogP contribution >= 0.6 is 0 Å². The molecule has 0 heterocycles. The van der Waals surface area contributed by atoms with Crippen molar-refractivity contribution in [1.82, 2.24) is 5.32 Å². The largest absolute Gasteiger partial charge is 0.330 e. The molecular weight excluding hydrogens is 184 g/mol. The molecule has 0 radical (unpaired) electrons. The van der Waals surface area contributed by atoms with Crippen LogP contribution in [0.25, 0.3) is 5.57 Å². The molecule has 0 unspecified atom stereocenters. The number of benzene rings is 1. The minimum Gasteiger partial charge on any atom is -0.330 e. The first-order chi connectivity index (χ1) is 7.24. The Morgan fingerprint density at radius 3 is 2.93 bits per heavy atom. The Bertz CT molecular complexity index is 318. The molecule has 0 aromatic heterocycles. The Balaban J connectivity index is 2.47. The molecule has 0 spiro atoms. The molecule has 3 N–H and O–H groups in total. The maximum absolute atomic E-state index is 5.42. The van der Waals surface area contributed by atoms with E-state index in [1.54, 1.807) is 0 Å². The maximum atomic E-state index is 5.42. The predicted molar refractivity (Wildman–Crippen MR) is 66.5 cm³/mol. The van der Waals surface area contributed by atoms with Crippen molar-refractivity contribution in [2.45, 2.75) is 19.9 Å². The summed E-state index contributed by atoms with van der Waals surface area (Å²) < 4.78 is 0. The molecule has 15 heavy (non-hydrogen) atoms. The van der Waals surface area contributed by atoms with Crippen LogP contribution in [-0.2, 0) is 6.54 Å². The molecule has 0 atom stereocenters. The van der Waals surface area contributed by atoms with Crippen LogP contribution in [0.15, 0.2) is 30.8 Å². The standard InChI is InChI=1S/C13H20N2/c1-11(2)13-6-3-5-12(9-13)10-15-8-4-7-14/h3,5-6,9,15H,1,4,7-8,10,14H2,2H3. The molecule has 1 aromatic carbocycles. The summed E-state index contributed by atoms with van der Waals surface area (Å²) in [5.74, 6) is 0. The highest BCUT2D eigenvalue weighted by Crippen LogP contribution is 2.12. The number of hydrogen-bond acceptors (Lipinski definition) is 2. The second kappa shape index (κ2) is 6.38. The second-order valence-corrected chi connectivity index (χ2v) is 3.80. The molecule has 0 fully saturated rings. The minimum absolute atomic E-state index is 0.749. The first-order valence-electron chi connectivity index (χ1n) is 5.39. The zero-order valence-corrected chi connectivity index (χ0v) is 9.42. The summed E-state index contributed by atoms with van der Waals surface area (Å²) in [6, 6.07) is 8.47. The molecule has 0 aliphatic heterocycles. The van der Waals surface area contributed by atoms with Crippen LogP contribution in [0.5, 0.6) is 0 Å². The normalized spacial score (nSPS) is 10.3. The van der Waals surface area contributed by atoms with Crippen molar-refractivity contribution in [2.24, 2.45) is 5.73 Å². The van der Waals surface area contributed by atoms with Crippen molar-refractivity contribution in [2.75, 3.05) is 13.1 Å². The number of hydrogen-bond donors (Lipinski definition) is 2. The van der Waals surface area contributed by atoms with Gasteiger partial charge in [-0.05, 0) is 37.6 Å². The molecule has 0 aliphatic carbocycles. The molecule has 1 aromatic rings. The summed E-state index contributed by atoms with van der Waals surface area (Å²) >= 11 is 0. The van der Waals surface area contributed by atoms with Gasteiger partial charge in [0.15, 0.2) is 0 Å². The van der Waals surface area contributed by atoms with Crippen molar-refractivity contribution in [3.8, 4) is 0 Å². The minimum atomic E-state index is 0.749. The summed E-state index contributed by atoms with van der Waals surface area (Å²) in [7, 11) is 0. The van der Waals surface area contributed by atoms with Crippen LogP contribution in [0, 0.1) is 0 Å². The average Bonchev–Trinajstić information content (AvgIpc) is 2.25. The van der Waals surface area contributed by atoms with Gasteiger partial charge in [0, 0.05) is 6.54 Å². The molecule has 0 aliphatic rings. The zero-order chi connectivity index (χ0) is 11.1. The van der Waals surface area contributed by atoms with E-state index in [0.29, 0.717) is 0 Å². The highest BCUT2D eigenvalue weighted by Gasteiger charge is 1.96. The average molecular weight is 204 g/mol. The molecular formula is C13H20N2. The van der Waals surface area contributed by atoms with Crippen molar-refractivity contribution in [3.05, 3.63) is 42.0 Å². The Kier molecular flexibility index (Phi) is 5.08. The summed E-state index contributed by atoms with van der Waals surface area (Å²) in [6.07, 6.45) is 1.03. The van der Waals surface area contributed by atoms with E-state index < -0.39 is 0 Å². The van der Waals surface area contributed by atoms with E-state index in [4.69, 9.17) is 5.73 Å². The number of allylic oxidation sites excluding steroid dienone is 1. The fourth-order valence-corrected chi connectivity index (χ4v) is 1.41. The van der Waals surface area contributed by atoms with Crippen molar-refractivity contribution >= 4 is 5.57 Å². The molecule has 0 saturated carbocycles. The van der Waals surface area contributed by atoms with Gasteiger partial charge in [-0.15, -0.1) is 0 Å². The first-order valence-corrected chi connectivity index (χ1v) is 5.39. The molecule has 0 saturated heterocycles. The van der Waals surface area contributed by atoms with Crippen molar-refractivity contribution in [3.63, 3.8) is 0 Å². The predicted octanol–water partition coefficient (Wildman–Crippen LogP) is 2.16.